The Morgan fingerprint density at radius 3 is 2.55 bits per heavy atom. The van der Waals surface area contributed by atoms with Crippen molar-refractivity contribution in [3.63, 3.8) is 0 Å². The summed E-state index contributed by atoms with van der Waals surface area (Å²) in [7, 11) is 1.25. The van der Waals surface area contributed by atoms with Crippen molar-refractivity contribution in [2.24, 2.45) is 0 Å². The van der Waals surface area contributed by atoms with Crippen molar-refractivity contribution < 1.29 is 14.3 Å². The second-order valence-electron chi connectivity index (χ2n) is 4.29. The number of hydrogen-bond donors (Lipinski definition) is 0. The number of methoxy groups -OCH3 is 1. The van der Waals surface area contributed by atoms with Crippen LogP contribution in [-0.2, 0) is 9.53 Å². The number of ether oxygens (including phenoxy) is 2. The molecule has 1 aromatic carbocycles. The summed E-state index contributed by atoms with van der Waals surface area (Å²) in [4.78, 5) is 11.3. The highest BCUT2D eigenvalue weighted by molar-refractivity contribution is 5.97. The lowest BCUT2D eigenvalue weighted by atomic mass is 10.1. The third-order valence-electron chi connectivity index (χ3n) is 2.73. The van der Waals surface area contributed by atoms with Gasteiger partial charge in [-0.25, -0.2) is 4.79 Å². The van der Waals surface area contributed by atoms with E-state index in [1.165, 1.54) is 13.2 Å². The monoisotopic (exact) mass is 273 g/mol. The molecule has 0 saturated heterocycles. The van der Waals surface area contributed by atoms with E-state index >= 15 is 0 Å². The number of unbranched alkanes of at least 4 members (excludes halogenated alkanes) is 2. The number of esters is 1. The molecule has 4 nitrogen and oxygen atoms in total. The third kappa shape index (κ3) is 5.15. The average molecular weight is 273 g/mol. The molecule has 0 bridgehead atoms. The fourth-order valence-corrected chi connectivity index (χ4v) is 1.62. The summed E-state index contributed by atoms with van der Waals surface area (Å²) in [5.41, 5.74) is 0.733. The molecule has 0 unspecified atom stereocenters. The lowest BCUT2D eigenvalue weighted by Crippen LogP contribution is -2.02. The fourth-order valence-electron chi connectivity index (χ4n) is 1.62. The van der Waals surface area contributed by atoms with E-state index in [0.29, 0.717) is 6.61 Å². The Bertz CT molecular complexity index is 497. The summed E-state index contributed by atoms with van der Waals surface area (Å²) in [5, 5.41) is 8.87. The molecule has 0 aromatic heterocycles. The molecule has 106 valence electrons. The lowest BCUT2D eigenvalue weighted by Gasteiger charge is -2.05. The van der Waals surface area contributed by atoms with Gasteiger partial charge in [0.1, 0.15) is 17.4 Å². The maximum atomic E-state index is 11.3. The lowest BCUT2D eigenvalue weighted by molar-refractivity contribution is -0.135. The predicted octanol–water partition coefficient (Wildman–Crippen LogP) is 3.34. The zero-order valence-corrected chi connectivity index (χ0v) is 11.9. The first-order valence-corrected chi connectivity index (χ1v) is 6.64. The van der Waals surface area contributed by atoms with Crippen molar-refractivity contribution >= 4 is 12.0 Å². The highest BCUT2D eigenvalue weighted by atomic mass is 16.5. The van der Waals surface area contributed by atoms with E-state index in [1.807, 2.05) is 18.2 Å². The quantitative estimate of drug-likeness (QED) is 0.331. The van der Waals surface area contributed by atoms with E-state index in [1.54, 1.807) is 12.1 Å². The molecule has 0 amide bonds. The Kier molecular flexibility index (Phi) is 6.91. The fraction of sp³-hybridized carbons (Fsp3) is 0.375. The highest BCUT2D eigenvalue weighted by Gasteiger charge is 2.08. The summed E-state index contributed by atoms with van der Waals surface area (Å²) < 4.78 is 10.1. The Hall–Kier alpha value is -2.28. The van der Waals surface area contributed by atoms with Crippen LogP contribution in [0, 0.1) is 11.3 Å². The standard InChI is InChI=1S/C16H19NO3/c1-3-4-5-10-20-15-8-6-13(7-9-15)11-14(12-17)16(18)19-2/h6-9,11H,3-5,10H2,1-2H3. The predicted molar refractivity (Wildman–Crippen MR) is 77.1 cm³/mol. The topological polar surface area (TPSA) is 59.3 Å². The SMILES string of the molecule is CCCCCOc1ccc(C=C(C#N)C(=O)OC)cc1. The number of carbonyl (C=O) groups excluding carboxylic acids is 1. The zero-order chi connectivity index (χ0) is 14.8. The van der Waals surface area contributed by atoms with Gasteiger partial charge in [0.2, 0.25) is 0 Å². The normalized spacial score (nSPS) is 10.8. The molecule has 20 heavy (non-hydrogen) atoms. The van der Waals surface area contributed by atoms with Gasteiger partial charge in [-0.15, -0.1) is 0 Å². The maximum Gasteiger partial charge on any atom is 0.348 e. The van der Waals surface area contributed by atoms with Crippen molar-refractivity contribution in [1.82, 2.24) is 0 Å². The van der Waals surface area contributed by atoms with Crippen LogP contribution >= 0.6 is 0 Å². The average Bonchev–Trinajstić information content (AvgIpc) is 2.49. The molecular weight excluding hydrogens is 254 g/mol. The minimum Gasteiger partial charge on any atom is -0.494 e. The van der Waals surface area contributed by atoms with Crippen molar-refractivity contribution in [2.75, 3.05) is 13.7 Å². The molecule has 4 heteroatoms. The van der Waals surface area contributed by atoms with Crippen LogP contribution in [0.5, 0.6) is 5.75 Å². The van der Waals surface area contributed by atoms with Crippen molar-refractivity contribution in [1.29, 1.82) is 5.26 Å². The molecule has 0 aliphatic heterocycles. The largest absolute Gasteiger partial charge is 0.494 e. The molecule has 0 radical (unpaired) electrons. The van der Waals surface area contributed by atoms with E-state index in [0.717, 1.165) is 30.6 Å². The smallest absolute Gasteiger partial charge is 0.348 e. The van der Waals surface area contributed by atoms with Crippen LogP contribution in [0.4, 0.5) is 0 Å². The summed E-state index contributed by atoms with van der Waals surface area (Å²) >= 11 is 0. The molecule has 1 rings (SSSR count). The number of rotatable bonds is 7. The van der Waals surface area contributed by atoms with Gasteiger partial charge >= 0.3 is 5.97 Å². The van der Waals surface area contributed by atoms with Gasteiger partial charge in [0, 0.05) is 0 Å². The third-order valence-corrected chi connectivity index (χ3v) is 2.73. The van der Waals surface area contributed by atoms with E-state index in [9.17, 15) is 4.79 Å². The van der Waals surface area contributed by atoms with Crippen molar-refractivity contribution in [2.45, 2.75) is 26.2 Å². The number of hydrogen-bond acceptors (Lipinski definition) is 4. The molecule has 0 aliphatic carbocycles. The number of benzene rings is 1. The van der Waals surface area contributed by atoms with Gasteiger partial charge in [0.15, 0.2) is 0 Å². The Morgan fingerprint density at radius 2 is 2.00 bits per heavy atom. The van der Waals surface area contributed by atoms with Gasteiger partial charge in [-0.1, -0.05) is 31.9 Å². The van der Waals surface area contributed by atoms with Crippen LogP contribution < -0.4 is 4.74 Å². The van der Waals surface area contributed by atoms with E-state index < -0.39 is 5.97 Å². The first kappa shape index (κ1) is 15.8. The van der Waals surface area contributed by atoms with Gasteiger partial charge in [-0.2, -0.15) is 5.26 Å². The molecule has 0 aliphatic rings. The highest BCUT2D eigenvalue weighted by Crippen LogP contribution is 2.15. The van der Waals surface area contributed by atoms with Gasteiger partial charge in [0.05, 0.1) is 13.7 Å². The number of carbonyl (C=O) groups is 1. The van der Waals surface area contributed by atoms with Gasteiger partial charge in [0.25, 0.3) is 0 Å². The van der Waals surface area contributed by atoms with Gasteiger partial charge in [-0.05, 0) is 30.2 Å². The summed E-state index contributed by atoms with van der Waals surface area (Å²) in [6.45, 7) is 2.85. The van der Waals surface area contributed by atoms with E-state index in [-0.39, 0.29) is 5.57 Å². The van der Waals surface area contributed by atoms with Crippen molar-refractivity contribution in [3.8, 4) is 11.8 Å². The van der Waals surface area contributed by atoms with E-state index in [4.69, 9.17) is 10.00 Å². The van der Waals surface area contributed by atoms with Crippen LogP contribution in [0.25, 0.3) is 6.08 Å². The first-order valence-electron chi connectivity index (χ1n) is 6.64. The van der Waals surface area contributed by atoms with E-state index in [2.05, 4.69) is 11.7 Å². The number of nitriles is 1. The number of nitrogens with zero attached hydrogens (tertiary/aromatic N) is 1. The molecule has 0 spiro atoms. The Balaban J connectivity index is 2.64. The molecule has 0 fully saturated rings. The second kappa shape index (κ2) is 8.76. The summed E-state index contributed by atoms with van der Waals surface area (Å²) in [5.74, 6) is 0.155. The van der Waals surface area contributed by atoms with Gasteiger partial charge < -0.3 is 9.47 Å². The molecule has 0 heterocycles. The van der Waals surface area contributed by atoms with Gasteiger partial charge in [-0.3, -0.25) is 0 Å². The Labute approximate surface area is 119 Å². The Morgan fingerprint density at radius 1 is 1.30 bits per heavy atom. The minimum atomic E-state index is -0.632. The summed E-state index contributed by atoms with van der Waals surface area (Å²) in [6.07, 6.45) is 4.86. The van der Waals surface area contributed by atoms with Crippen LogP contribution in [-0.4, -0.2) is 19.7 Å². The van der Waals surface area contributed by atoms with Crippen LogP contribution in [0.3, 0.4) is 0 Å². The van der Waals surface area contributed by atoms with Crippen LogP contribution in [0.2, 0.25) is 0 Å². The molecule has 1 aromatic rings. The zero-order valence-electron chi connectivity index (χ0n) is 11.9. The molecule has 0 saturated carbocycles. The van der Waals surface area contributed by atoms with Crippen molar-refractivity contribution in [3.05, 3.63) is 35.4 Å². The summed E-state index contributed by atoms with van der Waals surface area (Å²) in [6, 6.07) is 9.07. The second-order valence-corrected chi connectivity index (χ2v) is 4.29. The minimum absolute atomic E-state index is 0.0240. The van der Waals surface area contributed by atoms with Crippen LogP contribution in [0.1, 0.15) is 31.7 Å². The van der Waals surface area contributed by atoms with Crippen LogP contribution in [0.15, 0.2) is 29.8 Å². The maximum absolute atomic E-state index is 11.3. The molecule has 0 N–H and O–H groups in total. The first-order chi connectivity index (χ1) is 9.71. The molecule has 0 atom stereocenters. The molecular formula is C16H19NO3.